The van der Waals surface area contributed by atoms with Crippen molar-refractivity contribution in [1.82, 2.24) is 0 Å². The third-order valence-corrected chi connectivity index (χ3v) is 4.81. The predicted molar refractivity (Wildman–Crippen MR) is 138 cm³/mol. The Hall–Kier alpha value is -4.45. The molecule has 6 aliphatic rings. The SMILES string of the molecule is O=C1CCC([O-])=N1.O=C1CCC([O-])=N1.O=C1CCC([O-])=N1.O=C1CCC([O-])=N1.O=C1CCC([O-])=N1.O=C1CCC([O-])=N1.O=S.[Mo]. The zero-order chi connectivity index (χ0) is 33.7. The van der Waals surface area contributed by atoms with Crippen LogP contribution in [-0.2, 0) is 62.4 Å². The number of amides is 6. The van der Waals surface area contributed by atoms with E-state index in [0.717, 1.165) is 0 Å². The van der Waals surface area contributed by atoms with Gasteiger partial charge in [-0.1, -0.05) is 0 Å². The summed E-state index contributed by atoms with van der Waals surface area (Å²) in [6, 6.07) is 0. The van der Waals surface area contributed by atoms with E-state index < -0.39 is 0 Å². The average Bonchev–Trinajstić information content (AvgIpc) is 3.82. The fourth-order valence-electron chi connectivity index (χ4n) is 2.79. The van der Waals surface area contributed by atoms with Crippen molar-refractivity contribution in [1.29, 1.82) is 0 Å². The van der Waals surface area contributed by atoms with Crippen LogP contribution >= 0.6 is 0 Å². The van der Waals surface area contributed by atoms with Gasteiger partial charge in [-0.25, -0.2) is 30.0 Å². The summed E-state index contributed by atoms with van der Waals surface area (Å²) in [6.45, 7) is 0. The summed E-state index contributed by atoms with van der Waals surface area (Å²) in [5.41, 5.74) is 0. The Bertz CT molecular complexity index is 1050. The zero-order valence-corrected chi connectivity index (χ0v) is 26.1. The van der Waals surface area contributed by atoms with Crippen molar-refractivity contribution in [3.63, 3.8) is 0 Å². The Balaban J connectivity index is 0. The van der Waals surface area contributed by atoms with Crippen molar-refractivity contribution in [2.75, 3.05) is 0 Å². The molecular formula is C24H24MoN6O13S-6. The maximum absolute atomic E-state index is 10.1. The van der Waals surface area contributed by atoms with Crippen molar-refractivity contribution in [2.45, 2.75) is 77.0 Å². The van der Waals surface area contributed by atoms with Crippen LogP contribution < -0.4 is 30.6 Å². The molecule has 0 aliphatic carbocycles. The van der Waals surface area contributed by atoms with Gasteiger partial charge in [0.15, 0.2) is 12.5 Å². The minimum atomic E-state index is -0.273. The third-order valence-electron chi connectivity index (χ3n) is 4.81. The van der Waals surface area contributed by atoms with E-state index in [1.165, 1.54) is 0 Å². The van der Waals surface area contributed by atoms with Crippen LogP contribution in [0.1, 0.15) is 77.0 Å². The number of nitrogens with zero attached hydrogens (tertiary/aromatic N) is 6. The molecule has 45 heavy (non-hydrogen) atoms. The maximum Gasteiger partial charge on any atom is 0.245 e. The monoisotopic (exact) mass is 734 g/mol. The Morgan fingerprint density at radius 2 is 0.422 bits per heavy atom. The standard InChI is InChI=1S/6C4H5NO2.Mo.OS/c6*6-3-1-2-4(7)5-3;;1-2/h6*1-2H2,(H,5,6,7);;/p-6. The third kappa shape index (κ3) is 22.7. The fourth-order valence-corrected chi connectivity index (χ4v) is 2.79. The number of hydrogen-bond acceptors (Lipinski definition) is 14. The minimum Gasteiger partial charge on any atom is -0.862 e. The summed E-state index contributed by atoms with van der Waals surface area (Å²) >= 11 is 2.83. The molecule has 246 valence electrons. The first kappa shape index (κ1) is 42.7. The van der Waals surface area contributed by atoms with Crippen molar-refractivity contribution in [3.05, 3.63) is 0 Å². The Morgan fingerprint density at radius 1 is 0.311 bits per heavy atom. The van der Waals surface area contributed by atoms with Gasteiger partial charge in [0.2, 0.25) is 35.4 Å². The summed E-state index contributed by atoms with van der Waals surface area (Å²) in [7, 11) is 0. The normalized spacial score (nSPS) is 18.8. The minimum absolute atomic E-state index is 0. The van der Waals surface area contributed by atoms with E-state index in [9.17, 15) is 59.4 Å². The molecule has 0 saturated heterocycles. The van der Waals surface area contributed by atoms with Gasteiger partial charge in [0.1, 0.15) is 0 Å². The van der Waals surface area contributed by atoms with Gasteiger partial charge in [0.25, 0.3) is 0 Å². The number of carbonyl (C=O) groups is 6. The molecule has 0 N–H and O–H groups in total. The van der Waals surface area contributed by atoms with E-state index in [-0.39, 0.29) is 91.9 Å². The first-order valence-corrected chi connectivity index (χ1v) is 12.9. The molecule has 0 unspecified atom stereocenters. The molecule has 6 aliphatic heterocycles. The summed E-state index contributed by atoms with van der Waals surface area (Å²) in [5.74, 6) is -3.28. The summed E-state index contributed by atoms with van der Waals surface area (Å²) in [4.78, 5) is 79.1. The van der Waals surface area contributed by atoms with Crippen LogP contribution in [0.5, 0.6) is 0 Å². The molecule has 0 saturated carbocycles. The molecule has 6 rings (SSSR count). The largest absolute Gasteiger partial charge is 0.862 e. The van der Waals surface area contributed by atoms with Crippen LogP contribution in [0.2, 0.25) is 0 Å². The Labute approximate surface area is 274 Å². The van der Waals surface area contributed by atoms with Crippen molar-refractivity contribution >= 4 is 83.4 Å². The van der Waals surface area contributed by atoms with Gasteiger partial charge < -0.3 is 30.6 Å². The van der Waals surface area contributed by atoms with E-state index in [1.807, 2.05) is 0 Å². The zero-order valence-electron chi connectivity index (χ0n) is 23.3. The molecule has 6 heterocycles. The van der Waals surface area contributed by atoms with E-state index in [1.54, 1.807) is 0 Å². The fraction of sp³-hybridized carbons (Fsp3) is 0.500. The van der Waals surface area contributed by atoms with Gasteiger partial charge in [0.05, 0.1) is 0 Å². The average molecular weight is 732 g/mol. The molecule has 21 heteroatoms. The van der Waals surface area contributed by atoms with Crippen LogP contribution in [0, 0.1) is 0 Å². The summed E-state index contributed by atoms with van der Waals surface area (Å²) in [5, 5.41) is 60.4. The van der Waals surface area contributed by atoms with Crippen molar-refractivity contribution < 1.29 is 84.7 Å². The first-order valence-electron chi connectivity index (χ1n) is 12.5. The van der Waals surface area contributed by atoms with Crippen LogP contribution in [0.4, 0.5) is 0 Å². The van der Waals surface area contributed by atoms with Gasteiger partial charge in [-0.05, 0) is 73.9 Å². The van der Waals surface area contributed by atoms with Crippen LogP contribution in [0.15, 0.2) is 30.0 Å². The second-order valence-electron chi connectivity index (χ2n) is 8.40. The Kier molecular flexibility index (Phi) is 22.7. The van der Waals surface area contributed by atoms with Crippen molar-refractivity contribution in [3.8, 4) is 0 Å². The molecule has 0 radical (unpaired) electrons. The molecular weight excluding hydrogens is 708 g/mol. The molecule has 0 bridgehead atoms. The molecule has 6 amide bonds. The second-order valence-corrected chi connectivity index (χ2v) is 8.40. The number of hydrogen-bond donors (Lipinski definition) is 0. The number of aliphatic imine (C=N–C) groups is 6. The predicted octanol–water partition coefficient (Wildman–Crippen LogP) is -5.95. The van der Waals surface area contributed by atoms with Gasteiger partial charge in [-0.3, -0.25) is 28.8 Å². The topological polar surface area (TPSA) is 332 Å². The van der Waals surface area contributed by atoms with Crippen LogP contribution in [-0.4, -0.2) is 75.0 Å². The van der Waals surface area contributed by atoms with Crippen molar-refractivity contribution in [2.24, 2.45) is 30.0 Å². The molecule has 0 spiro atoms. The molecule has 0 fully saturated rings. The van der Waals surface area contributed by atoms with Gasteiger partial charge in [-0.15, -0.1) is 0 Å². The number of rotatable bonds is 0. The van der Waals surface area contributed by atoms with E-state index in [4.69, 9.17) is 4.21 Å². The van der Waals surface area contributed by atoms with Gasteiger partial charge >= 0.3 is 0 Å². The maximum atomic E-state index is 10.1. The van der Waals surface area contributed by atoms with Crippen LogP contribution in [0.25, 0.3) is 0 Å². The van der Waals surface area contributed by atoms with Gasteiger partial charge in [-0.2, -0.15) is 4.21 Å². The second kappa shape index (κ2) is 23.9. The summed E-state index contributed by atoms with van der Waals surface area (Å²) in [6.07, 6.45) is 3.82. The molecule has 0 atom stereocenters. The number of carbonyl (C=O) groups excluding carboxylic acids is 6. The molecule has 19 nitrogen and oxygen atoms in total. The van der Waals surface area contributed by atoms with Crippen LogP contribution in [0.3, 0.4) is 0 Å². The van der Waals surface area contributed by atoms with Gasteiger partial charge in [0, 0.05) is 59.6 Å². The Morgan fingerprint density at radius 3 is 0.444 bits per heavy atom. The van der Waals surface area contributed by atoms with E-state index in [0.29, 0.717) is 77.0 Å². The quantitative estimate of drug-likeness (QED) is 0.209. The summed E-state index contributed by atoms with van der Waals surface area (Å²) < 4.78 is 7.83. The molecule has 0 aromatic carbocycles. The smallest absolute Gasteiger partial charge is 0.245 e. The first-order chi connectivity index (χ1) is 20.7. The van der Waals surface area contributed by atoms with E-state index in [2.05, 4.69) is 42.5 Å². The van der Waals surface area contributed by atoms with E-state index >= 15 is 0 Å². The molecule has 0 aromatic heterocycles. The molecule has 0 aromatic rings.